The molecule has 1 saturated heterocycles. The lowest BCUT2D eigenvalue weighted by Crippen LogP contribution is -2.43. The summed E-state index contributed by atoms with van der Waals surface area (Å²) in [4.78, 5) is 23.5. The van der Waals surface area contributed by atoms with Crippen molar-refractivity contribution in [3.05, 3.63) is 35.1 Å². The molecule has 0 bridgehead atoms. The molecule has 1 fully saturated rings. The summed E-state index contributed by atoms with van der Waals surface area (Å²) in [5, 5.41) is 2.87. The second-order valence-electron chi connectivity index (χ2n) is 5.63. The lowest BCUT2D eigenvalue weighted by Gasteiger charge is -2.17. The van der Waals surface area contributed by atoms with Crippen LogP contribution in [0.3, 0.4) is 0 Å². The highest BCUT2D eigenvalue weighted by Crippen LogP contribution is 2.35. The summed E-state index contributed by atoms with van der Waals surface area (Å²) < 4.78 is 21.7. The third kappa shape index (κ3) is 4.46. The standard InChI is InChI=1S/C16H22FN3O3S/c1-3-14-12(7-20-24-14)9-4-10(6-11(17)5-9)15(21)19-8-13(18)16(22)23-2/h4-6,12-14,20H,3,7-8,18H2,1-2H3,(H,19,21)/t12?,13-,14?/m1/s1. The Labute approximate surface area is 144 Å². The third-order valence-corrected chi connectivity index (χ3v) is 5.28. The molecule has 1 aromatic rings. The predicted molar refractivity (Wildman–Crippen MR) is 91.1 cm³/mol. The molecule has 1 amide bonds. The topological polar surface area (TPSA) is 93.5 Å². The minimum absolute atomic E-state index is 0.0736. The van der Waals surface area contributed by atoms with Gasteiger partial charge in [0.05, 0.1) is 7.11 Å². The van der Waals surface area contributed by atoms with Gasteiger partial charge in [-0.05, 0) is 30.2 Å². The second kappa shape index (κ2) is 8.46. The molecule has 24 heavy (non-hydrogen) atoms. The van der Waals surface area contributed by atoms with Gasteiger partial charge in [0.15, 0.2) is 0 Å². The first-order valence-corrected chi connectivity index (χ1v) is 8.64. The van der Waals surface area contributed by atoms with Gasteiger partial charge in [0.1, 0.15) is 11.9 Å². The van der Waals surface area contributed by atoms with Gasteiger partial charge in [-0.3, -0.25) is 14.3 Å². The molecule has 0 spiro atoms. The van der Waals surface area contributed by atoms with Crippen molar-refractivity contribution < 1.29 is 18.7 Å². The monoisotopic (exact) mass is 355 g/mol. The number of hydrogen-bond donors (Lipinski definition) is 3. The summed E-state index contributed by atoms with van der Waals surface area (Å²) in [6, 6.07) is 3.40. The van der Waals surface area contributed by atoms with E-state index < -0.39 is 23.7 Å². The Kier molecular flexibility index (Phi) is 6.59. The van der Waals surface area contributed by atoms with Crippen LogP contribution in [0.2, 0.25) is 0 Å². The number of carbonyl (C=O) groups excluding carboxylic acids is 2. The van der Waals surface area contributed by atoms with Crippen LogP contribution in [0.5, 0.6) is 0 Å². The van der Waals surface area contributed by atoms with E-state index in [9.17, 15) is 14.0 Å². The van der Waals surface area contributed by atoms with Gasteiger partial charge in [0, 0.05) is 29.8 Å². The fraction of sp³-hybridized carbons (Fsp3) is 0.500. The van der Waals surface area contributed by atoms with Crippen molar-refractivity contribution in [1.82, 2.24) is 10.0 Å². The minimum Gasteiger partial charge on any atom is -0.468 e. The maximum atomic E-state index is 13.9. The smallest absolute Gasteiger partial charge is 0.324 e. The molecular weight excluding hydrogens is 333 g/mol. The SMILES string of the molecule is CCC1SNCC1c1cc(F)cc(C(=O)NC[C@@H](N)C(=O)OC)c1. The Morgan fingerprint density at radius 2 is 2.25 bits per heavy atom. The van der Waals surface area contributed by atoms with E-state index in [2.05, 4.69) is 21.7 Å². The maximum Gasteiger partial charge on any atom is 0.324 e. The average molecular weight is 355 g/mol. The molecule has 0 aromatic heterocycles. The van der Waals surface area contributed by atoms with Crippen LogP contribution in [0, 0.1) is 5.82 Å². The summed E-state index contributed by atoms with van der Waals surface area (Å²) in [5.74, 6) is -1.39. The summed E-state index contributed by atoms with van der Waals surface area (Å²) in [6.07, 6.45) is 0.953. The van der Waals surface area contributed by atoms with Crippen molar-refractivity contribution >= 4 is 23.8 Å². The van der Waals surface area contributed by atoms with Crippen molar-refractivity contribution in [2.75, 3.05) is 20.2 Å². The number of rotatable bonds is 6. The molecule has 3 atom stereocenters. The fourth-order valence-electron chi connectivity index (χ4n) is 2.66. The van der Waals surface area contributed by atoms with Gasteiger partial charge in [-0.25, -0.2) is 4.39 Å². The van der Waals surface area contributed by atoms with Crippen LogP contribution in [0.1, 0.15) is 35.2 Å². The van der Waals surface area contributed by atoms with E-state index in [0.29, 0.717) is 5.25 Å². The van der Waals surface area contributed by atoms with Crippen LogP contribution >= 0.6 is 11.9 Å². The number of esters is 1. The molecule has 1 aliphatic heterocycles. The molecule has 1 heterocycles. The average Bonchev–Trinajstić information content (AvgIpc) is 3.06. The molecule has 132 valence electrons. The van der Waals surface area contributed by atoms with Crippen LogP contribution in [0.15, 0.2) is 18.2 Å². The number of carbonyl (C=O) groups is 2. The van der Waals surface area contributed by atoms with Crippen molar-refractivity contribution in [3.8, 4) is 0 Å². The third-order valence-electron chi connectivity index (χ3n) is 3.99. The van der Waals surface area contributed by atoms with Gasteiger partial charge in [-0.2, -0.15) is 0 Å². The highest BCUT2D eigenvalue weighted by atomic mass is 32.2. The van der Waals surface area contributed by atoms with E-state index in [-0.39, 0.29) is 18.0 Å². The van der Waals surface area contributed by atoms with E-state index >= 15 is 0 Å². The predicted octanol–water partition coefficient (Wildman–Crippen LogP) is 1.17. The van der Waals surface area contributed by atoms with E-state index in [4.69, 9.17) is 5.73 Å². The highest BCUT2D eigenvalue weighted by Gasteiger charge is 2.29. The number of methoxy groups -OCH3 is 1. The van der Waals surface area contributed by atoms with Gasteiger partial charge < -0.3 is 15.8 Å². The second-order valence-corrected chi connectivity index (χ2v) is 6.76. The van der Waals surface area contributed by atoms with E-state index in [1.807, 2.05) is 0 Å². The molecule has 0 saturated carbocycles. The number of hydrogen-bond acceptors (Lipinski definition) is 6. The normalized spacial score (nSPS) is 21.3. The Bertz CT molecular complexity index is 614. The molecule has 1 aliphatic rings. The first-order valence-electron chi connectivity index (χ1n) is 7.76. The molecular formula is C16H22FN3O3S. The lowest BCUT2D eigenvalue weighted by molar-refractivity contribution is -0.141. The summed E-state index contributed by atoms with van der Waals surface area (Å²) in [5.41, 5.74) is 6.59. The Morgan fingerprint density at radius 1 is 1.50 bits per heavy atom. The molecule has 1 aromatic carbocycles. The quantitative estimate of drug-likeness (QED) is 0.524. The molecule has 6 nitrogen and oxygen atoms in total. The van der Waals surface area contributed by atoms with Crippen LogP contribution in [0.25, 0.3) is 0 Å². The van der Waals surface area contributed by atoms with Crippen LogP contribution in [-0.4, -0.2) is 43.4 Å². The van der Waals surface area contributed by atoms with Gasteiger partial charge in [-0.1, -0.05) is 18.9 Å². The number of nitrogens with two attached hydrogens (primary N) is 1. The molecule has 0 radical (unpaired) electrons. The van der Waals surface area contributed by atoms with Crippen LogP contribution in [-0.2, 0) is 9.53 Å². The van der Waals surface area contributed by atoms with Crippen molar-refractivity contribution in [3.63, 3.8) is 0 Å². The van der Waals surface area contributed by atoms with Gasteiger partial charge in [-0.15, -0.1) is 0 Å². The number of nitrogens with one attached hydrogen (secondary N) is 2. The fourth-order valence-corrected chi connectivity index (χ4v) is 3.73. The molecule has 2 rings (SSSR count). The summed E-state index contributed by atoms with van der Waals surface area (Å²) in [6.45, 7) is 2.75. The zero-order chi connectivity index (χ0) is 17.7. The molecule has 8 heteroatoms. The molecule has 4 N–H and O–H groups in total. The first-order chi connectivity index (χ1) is 11.5. The van der Waals surface area contributed by atoms with Gasteiger partial charge in [0.2, 0.25) is 0 Å². The highest BCUT2D eigenvalue weighted by molar-refractivity contribution is 7.98. The maximum absolute atomic E-state index is 13.9. The van der Waals surface area contributed by atoms with Crippen LogP contribution in [0.4, 0.5) is 4.39 Å². The number of halogens is 1. The largest absolute Gasteiger partial charge is 0.468 e. The van der Waals surface area contributed by atoms with E-state index in [1.54, 1.807) is 18.0 Å². The van der Waals surface area contributed by atoms with Crippen LogP contribution < -0.4 is 15.8 Å². The Morgan fingerprint density at radius 3 is 2.92 bits per heavy atom. The Balaban J connectivity index is 2.10. The summed E-state index contributed by atoms with van der Waals surface area (Å²) in [7, 11) is 1.22. The number of ether oxygens (including phenoxy) is 1. The minimum atomic E-state index is -0.952. The molecule has 0 aliphatic carbocycles. The van der Waals surface area contributed by atoms with E-state index in [1.165, 1.54) is 19.2 Å². The number of amides is 1. The van der Waals surface area contributed by atoms with Crippen molar-refractivity contribution in [1.29, 1.82) is 0 Å². The molecule has 2 unspecified atom stereocenters. The van der Waals surface area contributed by atoms with Gasteiger partial charge in [0.25, 0.3) is 5.91 Å². The van der Waals surface area contributed by atoms with Gasteiger partial charge >= 0.3 is 5.97 Å². The zero-order valence-corrected chi connectivity index (χ0v) is 14.5. The zero-order valence-electron chi connectivity index (χ0n) is 13.7. The first kappa shape index (κ1) is 18.7. The Hall–Kier alpha value is -1.64. The lowest BCUT2D eigenvalue weighted by atomic mass is 9.92. The van der Waals surface area contributed by atoms with E-state index in [0.717, 1.165) is 18.5 Å². The summed E-state index contributed by atoms with van der Waals surface area (Å²) >= 11 is 1.64. The van der Waals surface area contributed by atoms with Crippen molar-refractivity contribution in [2.45, 2.75) is 30.6 Å². The van der Waals surface area contributed by atoms with Crippen molar-refractivity contribution in [2.24, 2.45) is 5.73 Å². The number of benzene rings is 1.